The van der Waals surface area contributed by atoms with E-state index < -0.39 is 28.1 Å². The lowest BCUT2D eigenvalue weighted by Crippen LogP contribution is -2.33. The van der Waals surface area contributed by atoms with Crippen LogP contribution in [0.4, 0.5) is 14.9 Å². The molecule has 0 spiro atoms. The van der Waals surface area contributed by atoms with Gasteiger partial charge in [-0.05, 0) is 28.9 Å². The number of anilines is 1. The van der Waals surface area contributed by atoms with Crippen LogP contribution in [0.1, 0.15) is 12.5 Å². The molecule has 0 bridgehead atoms. The number of rotatable bonds is 7. The largest absolute Gasteiger partial charge is 0.442 e. The van der Waals surface area contributed by atoms with E-state index in [-0.39, 0.29) is 30.4 Å². The molecule has 0 aromatic heterocycles. The molecule has 1 saturated heterocycles. The molecule has 2 aromatic carbocycles. The number of hydrogen-bond donors (Lipinski definition) is 2. The maximum absolute atomic E-state index is 14.8. The topological polar surface area (TPSA) is 140 Å². The quantitative estimate of drug-likeness (QED) is 0.360. The molecular weight excluding hydrogens is 443 g/mol. The molecule has 3 rings (SSSR count). The molecule has 0 radical (unpaired) electrons. The van der Waals surface area contributed by atoms with E-state index in [1.54, 1.807) is 18.2 Å². The van der Waals surface area contributed by atoms with Gasteiger partial charge >= 0.3 is 16.2 Å². The predicted molar refractivity (Wildman–Crippen MR) is 115 cm³/mol. The molecule has 32 heavy (non-hydrogen) atoms. The second-order valence-electron chi connectivity index (χ2n) is 7.05. The summed E-state index contributed by atoms with van der Waals surface area (Å²) in [5, 5.41) is 5.92. The van der Waals surface area contributed by atoms with Gasteiger partial charge in [0.2, 0.25) is 5.91 Å². The highest BCUT2D eigenvalue weighted by Gasteiger charge is 2.32. The number of carbonyl (C=O) groups excluding carboxylic acids is 2. The number of carbonyl (C=O) groups is 2. The standard InChI is InChI=1S/C20H21FN4O6S/c1-12(26)23-10-16-11-25(20(27)30-16)15-7-8-17(18(21)9-15)13-3-5-14(6-4-13)19(22)24-31-32(2,28)29/h3-9,16H,10-11H2,1-2H3,(H2,22,24)(H,23,26)/t16-/m0/s1. The van der Waals surface area contributed by atoms with Crippen molar-refractivity contribution in [2.24, 2.45) is 10.9 Å². The van der Waals surface area contributed by atoms with Gasteiger partial charge in [0.1, 0.15) is 11.9 Å². The Morgan fingerprint density at radius 3 is 2.59 bits per heavy atom. The lowest BCUT2D eigenvalue weighted by Gasteiger charge is -2.14. The minimum Gasteiger partial charge on any atom is -0.442 e. The fraction of sp³-hybridized carbons (Fsp3) is 0.250. The van der Waals surface area contributed by atoms with Crippen LogP contribution in [0.15, 0.2) is 47.6 Å². The first kappa shape index (κ1) is 23.0. The van der Waals surface area contributed by atoms with Gasteiger partial charge in [0.05, 0.1) is 25.0 Å². The average molecular weight is 464 g/mol. The fourth-order valence-corrected chi connectivity index (χ4v) is 3.20. The lowest BCUT2D eigenvalue weighted by atomic mass is 10.0. The number of cyclic esters (lactones) is 1. The second-order valence-corrected chi connectivity index (χ2v) is 8.61. The summed E-state index contributed by atoms with van der Waals surface area (Å²) in [6.07, 6.45) is -0.312. The highest BCUT2D eigenvalue weighted by Crippen LogP contribution is 2.29. The van der Waals surface area contributed by atoms with Crippen molar-refractivity contribution >= 4 is 33.6 Å². The maximum Gasteiger partial charge on any atom is 0.414 e. The second kappa shape index (κ2) is 9.22. The van der Waals surface area contributed by atoms with Crippen molar-refractivity contribution in [1.82, 2.24) is 5.32 Å². The van der Waals surface area contributed by atoms with E-state index in [0.717, 1.165) is 6.26 Å². The molecule has 1 atom stereocenters. The highest BCUT2D eigenvalue weighted by molar-refractivity contribution is 7.85. The van der Waals surface area contributed by atoms with E-state index >= 15 is 0 Å². The Bertz CT molecular complexity index is 1170. The molecule has 1 aliphatic rings. The van der Waals surface area contributed by atoms with Crippen molar-refractivity contribution in [2.45, 2.75) is 13.0 Å². The van der Waals surface area contributed by atoms with Gasteiger partial charge in [-0.3, -0.25) is 14.0 Å². The average Bonchev–Trinajstić information content (AvgIpc) is 3.10. The number of amidine groups is 1. The fourth-order valence-electron chi connectivity index (χ4n) is 2.98. The van der Waals surface area contributed by atoms with Gasteiger partial charge in [-0.15, -0.1) is 0 Å². The van der Waals surface area contributed by atoms with E-state index in [2.05, 4.69) is 14.8 Å². The smallest absolute Gasteiger partial charge is 0.414 e. The number of nitrogens with zero attached hydrogens (tertiary/aromatic N) is 2. The predicted octanol–water partition coefficient (Wildman–Crippen LogP) is 1.55. The first-order valence-corrected chi connectivity index (χ1v) is 11.2. The van der Waals surface area contributed by atoms with E-state index in [1.807, 2.05) is 0 Å². The van der Waals surface area contributed by atoms with Crippen molar-refractivity contribution in [3.8, 4) is 11.1 Å². The highest BCUT2D eigenvalue weighted by atomic mass is 32.2. The summed E-state index contributed by atoms with van der Waals surface area (Å²) < 4.78 is 46.3. The molecule has 0 aliphatic carbocycles. The van der Waals surface area contributed by atoms with Gasteiger partial charge in [-0.25, -0.2) is 9.18 Å². The van der Waals surface area contributed by atoms with Crippen LogP contribution in [0.25, 0.3) is 11.1 Å². The van der Waals surface area contributed by atoms with Crippen LogP contribution in [-0.4, -0.2) is 51.7 Å². The van der Waals surface area contributed by atoms with Crippen molar-refractivity contribution < 1.29 is 31.4 Å². The molecule has 0 saturated carbocycles. The summed E-state index contributed by atoms with van der Waals surface area (Å²) in [6.45, 7) is 1.71. The lowest BCUT2D eigenvalue weighted by molar-refractivity contribution is -0.119. The van der Waals surface area contributed by atoms with Crippen LogP contribution in [0.5, 0.6) is 0 Å². The number of ether oxygens (including phenoxy) is 1. The van der Waals surface area contributed by atoms with Gasteiger partial charge < -0.3 is 15.8 Å². The van der Waals surface area contributed by atoms with Gasteiger partial charge in [0, 0.05) is 18.1 Å². The van der Waals surface area contributed by atoms with Crippen molar-refractivity contribution in [3.05, 3.63) is 53.8 Å². The molecular formula is C20H21FN4O6S. The maximum atomic E-state index is 14.8. The van der Waals surface area contributed by atoms with Gasteiger partial charge in [-0.1, -0.05) is 24.3 Å². The van der Waals surface area contributed by atoms with Gasteiger partial charge in [0.25, 0.3) is 0 Å². The van der Waals surface area contributed by atoms with E-state index in [9.17, 15) is 22.4 Å². The van der Waals surface area contributed by atoms with Crippen LogP contribution >= 0.6 is 0 Å². The Hall–Kier alpha value is -3.67. The first-order valence-electron chi connectivity index (χ1n) is 9.38. The molecule has 2 amide bonds. The normalized spacial score (nSPS) is 16.6. The number of nitrogens with two attached hydrogens (primary N) is 1. The summed E-state index contributed by atoms with van der Waals surface area (Å²) in [4.78, 5) is 24.4. The summed E-state index contributed by atoms with van der Waals surface area (Å²) in [7, 11) is -3.78. The van der Waals surface area contributed by atoms with E-state index in [4.69, 9.17) is 10.5 Å². The summed E-state index contributed by atoms with van der Waals surface area (Å²) in [5.41, 5.74) is 7.21. The van der Waals surface area contributed by atoms with Gasteiger partial charge in [-0.2, -0.15) is 8.42 Å². The van der Waals surface area contributed by atoms with Crippen LogP contribution in [0, 0.1) is 5.82 Å². The summed E-state index contributed by atoms with van der Waals surface area (Å²) in [5.74, 6) is -0.952. The van der Waals surface area contributed by atoms with Crippen LogP contribution in [-0.2, 0) is 23.9 Å². The zero-order chi connectivity index (χ0) is 23.5. The molecule has 1 fully saturated rings. The van der Waals surface area contributed by atoms with Crippen LogP contribution in [0.2, 0.25) is 0 Å². The number of amides is 2. The summed E-state index contributed by atoms with van der Waals surface area (Å²) in [6, 6.07) is 10.6. The molecule has 12 heteroatoms. The Morgan fingerprint density at radius 1 is 1.31 bits per heavy atom. The zero-order valence-electron chi connectivity index (χ0n) is 17.2. The molecule has 2 aromatic rings. The Labute approximate surface area is 183 Å². The van der Waals surface area contributed by atoms with Crippen LogP contribution < -0.4 is 16.0 Å². The summed E-state index contributed by atoms with van der Waals surface area (Å²) >= 11 is 0. The Kier molecular flexibility index (Phi) is 6.63. The van der Waals surface area contributed by atoms with Crippen molar-refractivity contribution in [2.75, 3.05) is 24.2 Å². The van der Waals surface area contributed by atoms with E-state index in [1.165, 1.54) is 36.1 Å². The number of halogens is 1. The zero-order valence-corrected chi connectivity index (χ0v) is 18.1. The third-order valence-corrected chi connectivity index (χ3v) is 4.83. The number of hydrogen-bond acceptors (Lipinski definition) is 7. The van der Waals surface area contributed by atoms with Gasteiger partial charge in [0.15, 0.2) is 5.84 Å². The number of oxime groups is 1. The monoisotopic (exact) mass is 464 g/mol. The third kappa shape index (κ3) is 5.72. The first-order chi connectivity index (χ1) is 15.0. The SMILES string of the molecule is CC(=O)NC[C@H]1CN(c2ccc(-c3ccc(/C(N)=N/OS(C)(=O)=O)cc3)c(F)c2)C(=O)O1. The van der Waals surface area contributed by atoms with Crippen molar-refractivity contribution in [3.63, 3.8) is 0 Å². The Morgan fingerprint density at radius 2 is 2.00 bits per heavy atom. The van der Waals surface area contributed by atoms with E-state index in [0.29, 0.717) is 16.8 Å². The molecule has 1 aliphatic heterocycles. The molecule has 10 nitrogen and oxygen atoms in total. The molecule has 1 heterocycles. The molecule has 3 N–H and O–H groups in total. The minimum atomic E-state index is -3.78. The minimum absolute atomic E-state index is 0.154. The van der Waals surface area contributed by atoms with Crippen LogP contribution in [0.3, 0.4) is 0 Å². The Balaban J connectivity index is 1.74. The number of nitrogens with one attached hydrogen (secondary N) is 1. The molecule has 0 unspecified atom stereocenters. The third-order valence-electron chi connectivity index (χ3n) is 4.48. The van der Waals surface area contributed by atoms with Crippen molar-refractivity contribution in [1.29, 1.82) is 0 Å². The number of benzene rings is 2. The molecule has 170 valence electrons.